The highest BCUT2D eigenvalue weighted by Gasteiger charge is 2.28. The summed E-state index contributed by atoms with van der Waals surface area (Å²) in [5.74, 6) is -0.581. The zero-order valence-corrected chi connectivity index (χ0v) is 30.8. The summed E-state index contributed by atoms with van der Waals surface area (Å²) in [5.41, 5.74) is 0. The van der Waals surface area contributed by atoms with E-state index in [1.807, 2.05) is 0 Å². The van der Waals surface area contributed by atoms with Crippen molar-refractivity contribution < 1.29 is 25.2 Å². The van der Waals surface area contributed by atoms with Gasteiger partial charge in [0.2, 0.25) is 5.91 Å². The van der Waals surface area contributed by atoms with Crippen LogP contribution in [0.3, 0.4) is 0 Å². The molecular formula is C40H81NO5. The lowest BCUT2D eigenvalue weighted by Gasteiger charge is -2.27. The molecule has 0 fully saturated rings. The van der Waals surface area contributed by atoms with Crippen LogP contribution in [0.5, 0.6) is 0 Å². The molecule has 0 aromatic carbocycles. The van der Waals surface area contributed by atoms with E-state index in [-0.39, 0.29) is 0 Å². The minimum Gasteiger partial charge on any atom is -0.394 e. The van der Waals surface area contributed by atoms with Crippen LogP contribution in [0.4, 0.5) is 0 Å². The van der Waals surface area contributed by atoms with Gasteiger partial charge in [-0.1, -0.05) is 206 Å². The molecule has 0 saturated heterocycles. The zero-order chi connectivity index (χ0) is 33.9. The SMILES string of the molecule is CCCCCCCCCCCCCCCCCCCCCCC(O)C(=O)N[C@@H](CO)[C@H](O)[C@H](O)CCCCCCCCCCCC. The molecule has 46 heavy (non-hydrogen) atoms. The van der Waals surface area contributed by atoms with Gasteiger partial charge in [0.15, 0.2) is 0 Å². The highest BCUT2D eigenvalue weighted by atomic mass is 16.3. The Hall–Kier alpha value is -0.690. The number of nitrogens with one attached hydrogen (secondary N) is 1. The van der Waals surface area contributed by atoms with Crippen molar-refractivity contribution in [2.45, 2.75) is 244 Å². The van der Waals surface area contributed by atoms with Crippen molar-refractivity contribution in [1.29, 1.82) is 0 Å². The first-order valence-corrected chi connectivity index (χ1v) is 20.4. The molecule has 0 bridgehead atoms. The summed E-state index contributed by atoms with van der Waals surface area (Å²) in [6.07, 6.45) is 35.6. The van der Waals surface area contributed by atoms with Crippen LogP contribution in [-0.2, 0) is 4.79 Å². The molecule has 0 radical (unpaired) electrons. The number of hydrogen-bond acceptors (Lipinski definition) is 5. The van der Waals surface area contributed by atoms with Crippen LogP contribution in [0.15, 0.2) is 0 Å². The molecule has 5 N–H and O–H groups in total. The van der Waals surface area contributed by atoms with E-state index in [4.69, 9.17) is 0 Å². The smallest absolute Gasteiger partial charge is 0.249 e. The van der Waals surface area contributed by atoms with Crippen molar-refractivity contribution in [2.24, 2.45) is 0 Å². The van der Waals surface area contributed by atoms with Gasteiger partial charge in [-0.05, 0) is 12.8 Å². The van der Waals surface area contributed by atoms with E-state index in [1.54, 1.807) is 0 Å². The van der Waals surface area contributed by atoms with Gasteiger partial charge in [-0.25, -0.2) is 0 Å². The highest BCUT2D eigenvalue weighted by Crippen LogP contribution is 2.17. The largest absolute Gasteiger partial charge is 0.394 e. The van der Waals surface area contributed by atoms with E-state index in [9.17, 15) is 25.2 Å². The van der Waals surface area contributed by atoms with Crippen molar-refractivity contribution in [3.8, 4) is 0 Å². The average molecular weight is 656 g/mol. The molecule has 6 nitrogen and oxygen atoms in total. The fourth-order valence-corrected chi connectivity index (χ4v) is 6.52. The molecule has 0 heterocycles. The Bertz CT molecular complexity index is 618. The molecule has 0 aromatic rings. The summed E-state index contributed by atoms with van der Waals surface area (Å²) in [7, 11) is 0. The molecular weight excluding hydrogens is 574 g/mol. The molecule has 0 spiro atoms. The summed E-state index contributed by atoms with van der Waals surface area (Å²) < 4.78 is 0. The molecule has 0 saturated carbocycles. The topological polar surface area (TPSA) is 110 Å². The van der Waals surface area contributed by atoms with E-state index in [0.29, 0.717) is 12.8 Å². The fourth-order valence-electron chi connectivity index (χ4n) is 6.52. The Kier molecular flexibility index (Phi) is 35.1. The maximum atomic E-state index is 12.4. The van der Waals surface area contributed by atoms with E-state index in [2.05, 4.69) is 19.2 Å². The fraction of sp³-hybridized carbons (Fsp3) is 0.975. The minimum atomic E-state index is -1.25. The summed E-state index contributed by atoms with van der Waals surface area (Å²) in [6.45, 7) is 4.03. The third-order valence-electron chi connectivity index (χ3n) is 9.82. The third kappa shape index (κ3) is 29.4. The van der Waals surface area contributed by atoms with Crippen LogP contribution in [0.25, 0.3) is 0 Å². The Balaban J connectivity index is 3.68. The number of aliphatic hydroxyl groups excluding tert-OH is 4. The number of aliphatic hydroxyl groups is 4. The molecule has 1 unspecified atom stereocenters. The van der Waals surface area contributed by atoms with Gasteiger partial charge in [-0.2, -0.15) is 0 Å². The Labute approximate surface area is 286 Å². The lowest BCUT2D eigenvalue weighted by Crippen LogP contribution is -2.53. The summed E-state index contributed by atoms with van der Waals surface area (Å²) in [4.78, 5) is 12.4. The molecule has 6 heteroatoms. The van der Waals surface area contributed by atoms with Crippen molar-refractivity contribution >= 4 is 5.91 Å². The van der Waals surface area contributed by atoms with Crippen molar-refractivity contribution in [3.05, 3.63) is 0 Å². The van der Waals surface area contributed by atoms with Crippen LogP contribution in [-0.4, -0.2) is 57.3 Å². The monoisotopic (exact) mass is 656 g/mol. The molecule has 1 amide bonds. The maximum absolute atomic E-state index is 12.4. The van der Waals surface area contributed by atoms with Crippen molar-refractivity contribution in [2.75, 3.05) is 6.61 Å². The molecule has 0 aliphatic carbocycles. The summed E-state index contributed by atoms with van der Waals surface area (Å²) >= 11 is 0. The van der Waals surface area contributed by atoms with Gasteiger partial charge in [-0.15, -0.1) is 0 Å². The van der Waals surface area contributed by atoms with Gasteiger partial charge >= 0.3 is 0 Å². The number of amides is 1. The van der Waals surface area contributed by atoms with Crippen molar-refractivity contribution in [3.63, 3.8) is 0 Å². The number of carbonyl (C=O) groups is 1. The van der Waals surface area contributed by atoms with Crippen LogP contribution in [0, 0.1) is 0 Å². The van der Waals surface area contributed by atoms with Gasteiger partial charge in [0, 0.05) is 0 Å². The van der Waals surface area contributed by atoms with Gasteiger partial charge in [-0.3, -0.25) is 4.79 Å². The number of rotatable bonds is 37. The maximum Gasteiger partial charge on any atom is 0.249 e. The number of unbranched alkanes of at least 4 members (excludes halogenated alkanes) is 28. The number of carbonyl (C=O) groups excluding carboxylic acids is 1. The molecule has 0 rings (SSSR count). The lowest BCUT2D eigenvalue weighted by atomic mass is 9.99. The van der Waals surface area contributed by atoms with E-state index in [1.165, 1.54) is 154 Å². The first kappa shape index (κ1) is 45.3. The second-order valence-corrected chi connectivity index (χ2v) is 14.3. The standard InChI is InChI=1S/C40H81NO5/c1-3-5-7-9-11-13-15-16-17-18-19-20-21-22-23-24-26-28-30-32-34-38(44)40(46)41-36(35-42)39(45)37(43)33-31-29-27-25-14-12-10-8-6-4-2/h36-39,42-45H,3-35H2,1-2H3,(H,41,46)/t36-,37+,38?,39-/m0/s1. The molecule has 0 aromatic heterocycles. The Morgan fingerprint density at radius 3 is 1.04 bits per heavy atom. The van der Waals surface area contributed by atoms with Crippen molar-refractivity contribution in [1.82, 2.24) is 5.32 Å². The Morgan fingerprint density at radius 1 is 0.457 bits per heavy atom. The second-order valence-electron chi connectivity index (χ2n) is 14.3. The predicted molar refractivity (Wildman–Crippen MR) is 196 cm³/mol. The summed E-state index contributed by atoms with van der Waals surface area (Å²) in [5, 5.41) is 43.5. The molecule has 4 atom stereocenters. The van der Waals surface area contributed by atoms with Gasteiger partial charge < -0.3 is 25.7 Å². The normalized spacial score (nSPS) is 14.3. The molecule has 0 aliphatic heterocycles. The molecule has 0 aliphatic rings. The van der Waals surface area contributed by atoms with Crippen LogP contribution >= 0.6 is 0 Å². The lowest BCUT2D eigenvalue weighted by molar-refractivity contribution is -0.132. The van der Waals surface area contributed by atoms with E-state index < -0.39 is 36.9 Å². The van der Waals surface area contributed by atoms with E-state index in [0.717, 1.165) is 38.5 Å². The average Bonchev–Trinajstić information content (AvgIpc) is 3.06. The third-order valence-corrected chi connectivity index (χ3v) is 9.82. The number of hydrogen-bond donors (Lipinski definition) is 5. The zero-order valence-electron chi connectivity index (χ0n) is 30.8. The Morgan fingerprint density at radius 2 is 0.739 bits per heavy atom. The minimum absolute atomic E-state index is 0.375. The van der Waals surface area contributed by atoms with Crippen LogP contribution in [0.1, 0.15) is 219 Å². The van der Waals surface area contributed by atoms with Gasteiger partial charge in [0.05, 0.1) is 18.8 Å². The molecule has 276 valence electrons. The first-order chi connectivity index (χ1) is 22.5. The second kappa shape index (κ2) is 35.6. The van der Waals surface area contributed by atoms with Crippen LogP contribution in [0.2, 0.25) is 0 Å². The predicted octanol–water partition coefficient (Wildman–Crippen LogP) is 10.1. The van der Waals surface area contributed by atoms with Gasteiger partial charge in [0.25, 0.3) is 0 Å². The van der Waals surface area contributed by atoms with E-state index >= 15 is 0 Å². The first-order valence-electron chi connectivity index (χ1n) is 20.4. The van der Waals surface area contributed by atoms with Gasteiger partial charge in [0.1, 0.15) is 12.2 Å². The van der Waals surface area contributed by atoms with Crippen LogP contribution < -0.4 is 5.32 Å². The quantitative estimate of drug-likeness (QED) is 0.0428. The highest BCUT2D eigenvalue weighted by molar-refractivity contribution is 5.80. The summed E-state index contributed by atoms with van der Waals surface area (Å²) in [6, 6.07) is -0.977.